The van der Waals surface area contributed by atoms with E-state index in [0.29, 0.717) is 45.2 Å². The Hall–Kier alpha value is -4.24. The SMILES string of the molecule is CCCCCCCCCCCC(=O)NCCN(CC(=O)NCCN(CC(=O)NCCN(CC(=O)NCCN(CC)C(=O)CCCCCC)C(=O)CCCCCC)C(=O)CCCCCC)C(=O)CCCCCC. The van der Waals surface area contributed by atoms with E-state index in [1.807, 2.05) is 6.92 Å². The highest BCUT2D eigenvalue weighted by molar-refractivity contribution is 5.87. The van der Waals surface area contributed by atoms with E-state index in [1.165, 1.54) is 53.2 Å². The zero-order valence-electron chi connectivity index (χ0n) is 46.8. The van der Waals surface area contributed by atoms with Crippen LogP contribution in [0.4, 0.5) is 0 Å². The van der Waals surface area contributed by atoms with Crippen molar-refractivity contribution in [1.82, 2.24) is 40.9 Å². The summed E-state index contributed by atoms with van der Waals surface area (Å²) in [4.78, 5) is 111. The molecule has 0 aliphatic carbocycles. The molecule has 8 amide bonds. The quantitative estimate of drug-likeness (QED) is 0.0435. The van der Waals surface area contributed by atoms with Crippen LogP contribution in [-0.2, 0) is 38.4 Å². The Morgan fingerprint density at radius 3 is 0.778 bits per heavy atom. The molecule has 0 aromatic heterocycles. The van der Waals surface area contributed by atoms with Crippen molar-refractivity contribution in [3.8, 4) is 0 Å². The molecule has 0 aromatic rings. The van der Waals surface area contributed by atoms with Gasteiger partial charge in [-0.05, 0) is 39.0 Å². The first-order valence-corrected chi connectivity index (χ1v) is 29.0. The molecule has 0 atom stereocenters. The Morgan fingerprint density at radius 1 is 0.264 bits per heavy atom. The molecule has 0 rings (SSSR count). The van der Waals surface area contributed by atoms with Crippen molar-refractivity contribution in [1.29, 1.82) is 0 Å². The van der Waals surface area contributed by atoms with Crippen molar-refractivity contribution in [3.05, 3.63) is 0 Å². The van der Waals surface area contributed by atoms with Crippen LogP contribution >= 0.6 is 0 Å². The summed E-state index contributed by atoms with van der Waals surface area (Å²) in [7, 11) is 0. The molecular formula is C56H106N8O8. The maximum Gasteiger partial charge on any atom is 0.239 e. The van der Waals surface area contributed by atoms with Crippen molar-refractivity contribution >= 4 is 47.3 Å². The van der Waals surface area contributed by atoms with Gasteiger partial charge < -0.3 is 40.9 Å². The van der Waals surface area contributed by atoms with E-state index in [0.717, 1.165) is 109 Å². The van der Waals surface area contributed by atoms with Gasteiger partial charge in [0, 0.05) is 91.0 Å². The van der Waals surface area contributed by atoms with Crippen LogP contribution in [0.1, 0.15) is 234 Å². The highest BCUT2D eigenvalue weighted by atomic mass is 16.2. The van der Waals surface area contributed by atoms with E-state index < -0.39 is 11.8 Å². The first kappa shape index (κ1) is 67.8. The maximum absolute atomic E-state index is 13.5. The number of carbonyl (C=O) groups excluding carboxylic acids is 8. The minimum atomic E-state index is -0.429. The molecule has 0 fully saturated rings. The van der Waals surface area contributed by atoms with Gasteiger partial charge >= 0.3 is 0 Å². The van der Waals surface area contributed by atoms with Crippen LogP contribution in [-0.4, -0.2) is 145 Å². The lowest BCUT2D eigenvalue weighted by Gasteiger charge is -2.25. The van der Waals surface area contributed by atoms with E-state index in [1.54, 1.807) is 4.90 Å². The molecule has 72 heavy (non-hydrogen) atoms. The zero-order valence-corrected chi connectivity index (χ0v) is 46.8. The van der Waals surface area contributed by atoms with E-state index in [2.05, 4.69) is 55.9 Å². The average molecular weight is 1020 g/mol. The van der Waals surface area contributed by atoms with Crippen molar-refractivity contribution < 1.29 is 38.4 Å². The molecule has 0 bridgehead atoms. The van der Waals surface area contributed by atoms with Crippen molar-refractivity contribution in [2.75, 3.05) is 78.5 Å². The summed E-state index contributed by atoms with van der Waals surface area (Å²) in [6.45, 7) is 13.9. The number of unbranched alkanes of at least 4 members (excludes halogenated alkanes) is 20. The molecule has 16 nitrogen and oxygen atoms in total. The highest BCUT2D eigenvalue weighted by Gasteiger charge is 2.22. The van der Waals surface area contributed by atoms with Gasteiger partial charge in [-0.15, -0.1) is 0 Å². The topological polar surface area (TPSA) is 198 Å². The van der Waals surface area contributed by atoms with Crippen molar-refractivity contribution in [3.63, 3.8) is 0 Å². The summed E-state index contributed by atoms with van der Waals surface area (Å²) < 4.78 is 0. The third kappa shape index (κ3) is 38.4. The number of likely N-dealkylation sites (N-methyl/N-ethyl adjacent to an activating group) is 1. The molecule has 16 heteroatoms. The minimum absolute atomic E-state index is 0.0546. The van der Waals surface area contributed by atoms with E-state index >= 15 is 0 Å². The number of carbonyl (C=O) groups is 8. The molecule has 0 aliphatic heterocycles. The molecule has 0 saturated carbocycles. The Balaban J connectivity index is 5.49. The lowest BCUT2D eigenvalue weighted by molar-refractivity contribution is -0.137. The summed E-state index contributed by atoms with van der Waals surface area (Å²) in [6, 6.07) is 0. The standard InChI is InChI=1S/C56H106N8O8/c1-7-13-18-23-24-25-26-27-28-33-49(65)57-39-43-62(54(70)35-30-20-15-9-3)47-51(67)59-41-45-64(56(72)37-32-22-17-11-5)48-52(68)60-40-44-63(55(71)36-31-21-16-10-4)46-50(66)58-38-42-61(12-6)53(69)34-29-19-14-8-2/h7-48H2,1-6H3,(H,57,65)(H,58,66)(H,59,67)(H,60,68). The molecule has 0 spiro atoms. The largest absolute Gasteiger partial charge is 0.354 e. The number of nitrogens with zero attached hydrogens (tertiary/aromatic N) is 4. The Kier molecular flexibility index (Phi) is 44.9. The second kappa shape index (κ2) is 47.7. The number of hydrogen-bond acceptors (Lipinski definition) is 8. The minimum Gasteiger partial charge on any atom is -0.354 e. The predicted molar refractivity (Wildman–Crippen MR) is 291 cm³/mol. The fourth-order valence-corrected chi connectivity index (χ4v) is 8.47. The average Bonchev–Trinajstić information content (AvgIpc) is 3.36. The van der Waals surface area contributed by atoms with Gasteiger partial charge in [0.15, 0.2) is 0 Å². The van der Waals surface area contributed by atoms with Gasteiger partial charge in [-0.3, -0.25) is 38.4 Å². The third-order valence-electron chi connectivity index (χ3n) is 13.1. The molecule has 0 radical (unpaired) electrons. The third-order valence-corrected chi connectivity index (χ3v) is 13.1. The van der Waals surface area contributed by atoms with Crippen LogP contribution in [0.3, 0.4) is 0 Å². The second-order valence-electron chi connectivity index (χ2n) is 19.6. The molecule has 0 heterocycles. The highest BCUT2D eigenvalue weighted by Crippen LogP contribution is 2.12. The monoisotopic (exact) mass is 1020 g/mol. The van der Waals surface area contributed by atoms with E-state index in [4.69, 9.17) is 0 Å². The lowest BCUT2D eigenvalue weighted by atomic mass is 10.1. The first-order chi connectivity index (χ1) is 34.9. The number of rotatable bonds is 49. The Bertz CT molecular complexity index is 1470. The predicted octanol–water partition coefficient (Wildman–Crippen LogP) is 8.59. The number of nitrogens with one attached hydrogen (secondary N) is 4. The molecule has 0 aliphatic rings. The summed E-state index contributed by atoms with van der Waals surface area (Å²) in [5.74, 6) is -1.69. The maximum atomic E-state index is 13.5. The number of amides is 8. The molecular weight excluding hydrogens is 913 g/mol. The summed E-state index contributed by atoms with van der Waals surface area (Å²) in [5.41, 5.74) is 0. The normalized spacial score (nSPS) is 10.9. The van der Waals surface area contributed by atoms with Crippen molar-refractivity contribution in [2.45, 2.75) is 234 Å². The van der Waals surface area contributed by atoms with Crippen LogP contribution in [0.5, 0.6) is 0 Å². The van der Waals surface area contributed by atoms with Crippen LogP contribution in [0.15, 0.2) is 0 Å². The molecule has 0 saturated heterocycles. The van der Waals surface area contributed by atoms with Gasteiger partial charge in [0.25, 0.3) is 0 Å². The number of hydrogen-bond donors (Lipinski definition) is 4. The van der Waals surface area contributed by atoms with Gasteiger partial charge in [-0.1, -0.05) is 163 Å². The Labute approximate surface area is 437 Å². The van der Waals surface area contributed by atoms with Gasteiger partial charge in [0.1, 0.15) is 0 Å². The van der Waals surface area contributed by atoms with Gasteiger partial charge in [0.2, 0.25) is 47.3 Å². The van der Waals surface area contributed by atoms with Gasteiger partial charge in [0.05, 0.1) is 19.6 Å². The summed E-state index contributed by atoms with van der Waals surface area (Å²) in [6.07, 6.45) is 27.2. The van der Waals surface area contributed by atoms with E-state index in [9.17, 15) is 38.4 Å². The second-order valence-corrected chi connectivity index (χ2v) is 19.6. The first-order valence-electron chi connectivity index (χ1n) is 29.0. The van der Waals surface area contributed by atoms with Crippen molar-refractivity contribution in [2.24, 2.45) is 0 Å². The Morgan fingerprint density at radius 2 is 0.486 bits per heavy atom. The molecule has 0 aromatic carbocycles. The fourth-order valence-electron chi connectivity index (χ4n) is 8.47. The summed E-state index contributed by atoms with van der Waals surface area (Å²) in [5, 5.41) is 11.5. The van der Waals surface area contributed by atoms with Gasteiger partial charge in [-0.2, -0.15) is 0 Å². The van der Waals surface area contributed by atoms with Crippen LogP contribution in [0, 0.1) is 0 Å². The van der Waals surface area contributed by atoms with Crippen LogP contribution in [0.25, 0.3) is 0 Å². The van der Waals surface area contributed by atoms with Crippen LogP contribution in [0.2, 0.25) is 0 Å². The molecule has 0 unspecified atom stereocenters. The summed E-state index contributed by atoms with van der Waals surface area (Å²) >= 11 is 0. The smallest absolute Gasteiger partial charge is 0.239 e. The fraction of sp³-hybridized carbons (Fsp3) is 0.857. The van der Waals surface area contributed by atoms with Gasteiger partial charge in [-0.25, -0.2) is 0 Å². The lowest BCUT2D eigenvalue weighted by Crippen LogP contribution is -2.48. The molecule has 4 N–H and O–H groups in total. The molecule has 418 valence electrons. The van der Waals surface area contributed by atoms with Crippen LogP contribution < -0.4 is 21.3 Å². The van der Waals surface area contributed by atoms with E-state index in [-0.39, 0.29) is 114 Å². The zero-order chi connectivity index (χ0) is 53.5.